The maximum atomic E-state index is 8.42. The predicted octanol–water partition coefficient (Wildman–Crippen LogP) is 1.98. The zero-order valence-electron chi connectivity index (χ0n) is 6.46. The lowest BCUT2D eigenvalue weighted by atomic mass is 10.4. The molecule has 1 atom stereocenters. The van der Waals surface area contributed by atoms with Gasteiger partial charge >= 0.3 is 0 Å². The fraction of sp³-hybridized carbons (Fsp3) is 0.429. The molecule has 12 heavy (non-hydrogen) atoms. The lowest BCUT2D eigenvalue weighted by Gasteiger charge is -1.98. The standard InChI is InChI=1S/C7H7Cl2N3/c1-5-7(9)4-12(11-5)3-6(8)2-10/h4,6H,3H2,1H3. The Hall–Kier alpha value is -0.720. The molecular weight excluding hydrogens is 197 g/mol. The third kappa shape index (κ3) is 2.13. The summed E-state index contributed by atoms with van der Waals surface area (Å²) in [5.74, 6) is 0. The van der Waals surface area contributed by atoms with Gasteiger partial charge in [-0.2, -0.15) is 10.4 Å². The van der Waals surface area contributed by atoms with Crippen LogP contribution in [0.4, 0.5) is 0 Å². The van der Waals surface area contributed by atoms with Crippen LogP contribution >= 0.6 is 23.2 Å². The topological polar surface area (TPSA) is 41.6 Å². The fourth-order valence-electron chi connectivity index (χ4n) is 0.792. The Morgan fingerprint density at radius 2 is 2.50 bits per heavy atom. The molecule has 0 saturated carbocycles. The van der Waals surface area contributed by atoms with Crippen molar-refractivity contribution >= 4 is 23.2 Å². The van der Waals surface area contributed by atoms with E-state index in [4.69, 9.17) is 28.5 Å². The van der Waals surface area contributed by atoms with E-state index in [0.29, 0.717) is 11.6 Å². The summed E-state index contributed by atoms with van der Waals surface area (Å²) in [7, 11) is 0. The Bertz CT molecular complexity index is 293. The molecule has 0 fully saturated rings. The largest absolute Gasteiger partial charge is 0.268 e. The molecule has 1 aromatic rings. The van der Waals surface area contributed by atoms with Crippen molar-refractivity contribution in [2.45, 2.75) is 18.8 Å². The molecule has 0 aromatic carbocycles. The number of rotatable bonds is 2. The van der Waals surface area contributed by atoms with Gasteiger partial charge in [0.15, 0.2) is 0 Å². The number of alkyl halides is 1. The third-order valence-corrected chi connectivity index (χ3v) is 1.98. The molecule has 1 unspecified atom stereocenters. The first-order valence-corrected chi connectivity index (χ1v) is 4.18. The first-order valence-electron chi connectivity index (χ1n) is 3.36. The van der Waals surface area contributed by atoms with Gasteiger partial charge < -0.3 is 0 Å². The summed E-state index contributed by atoms with van der Waals surface area (Å²) in [5, 5.41) is 12.5. The average Bonchev–Trinajstić information content (AvgIpc) is 2.31. The molecule has 0 amide bonds. The highest BCUT2D eigenvalue weighted by Gasteiger charge is 2.06. The second-order valence-corrected chi connectivity index (χ2v) is 3.32. The molecular formula is C7H7Cl2N3. The second-order valence-electron chi connectivity index (χ2n) is 2.38. The minimum Gasteiger partial charge on any atom is -0.268 e. The van der Waals surface area contributed by atoms with Crippen LogP contribution in [0.25, 0.3) is 0 Å². The number of halogens is 2. The van der Waals surface area contributed by atoms with Crippen LogP contribution in [0.2, 0.25) is 5.02 Å². The Kier molecular flexibility index (Phi) is 2.96. The van der Waals surface area contributed by atoms with Crippen LogP contribution in [-0.2, 0) is 6.54 Å². The van der Waals surface area contributed by atoms with Crippen molar-refractivity contribution in [3.05, 3.63) is 16.9 Å². The van der Waals surface area contributed by atoms with Crippen LogP contribution in [0.3, 0.4) is 0 Å². The van der Waals surface area contributed by atoms with E-state index in [9.17, 15) is 0 Å². The second kappa shape index (κ2) is 3.79. The van der Waals surface area contributed by atoms with E-state index in [1.807, 2.05) is 6.07 Å². The van der Waals surface area contributed by atoms with Crippen molar-refractivity contribution < 1.29 is 0 Å². The average molecular weight is 204 g/mol. The van der Waals surface area contributed by atoms with Crippen LogP contribution in [-0.4, -0.2) is 15.2 Å². The molecule has 0 saturated heterocycles. The molecule has 1 heterocycles. The molecule has 0 aliphatic heterocycles. The van der Waals surface area contributed by atoms with Crippen molar-refractivity contribution in [3.8, 4) is 6.07 Å². The molecule has 0 bridgehead atoms. The van der Waals surface area contributed by atoms with Gasteiger partial charge in [0.2, 0.25) is 0 Å². The maximum absolute atomic E-state index is 8.42. The number of aromatic nitrogens is 2. The van der Waals surface area contributed by atoms with E-state index in [0.717, 1.165) is 5.69 Å². The van der Waals surface area contributed by atoms with Gasteiger partial charge in [0, 0.05) is 6.20 Å². The summed E-state index contributed by atoms with van der Waals surface area (Å²) in [6, 6.07) is 1.90. The summed E-state index contributed by atoms with van der Waals surface area (Å²) in [6.07, 6.45) is 1.66. The minimum absolute atomic E-state index is 0.367. The van der Waals surface area contributed by atoms with Gasteiger partial charge in [0.05, 0.1) is 23.3 Å². The normalized spacial score (nSPS) is 12.5. The molecule has 3 nitrogen and oxygen atoms in total. The number of nitrogens with zero attached hydrogens (tertiary/aromatic N) is 3. The lowest BCUT2D eigenvalue weighted by Crippen LogP contribution is -2.08. The third-order valence-electron chi connectivity index (χ3n) is 1.37. The van der Waals surface area contributed by atoms with Gasteiger partial charge in [-0.05, 0) is 6.92 Å². The molecule has 0 aliphatic rings. The highest BCUT2D eigenvalue weighted by molar-refractivity contribution is 6.31. The van der Waals surface area contributed by atoms with Crippen LogP contribution in [0, 0.1) is 18.3 Å². The summed E-state index contributed by atoms with van der Waals surface area (Å²) < 4.78 is 1.57. The van der Waals surface area contributed by atoms with E-state index in [1.165, 1.54) is 0 Å². The van der Waals surface area contributed by atoms with Crippen molar-refractivity contribution in [2.75, 3.05) is 0 Å². The first kappa shape index (κ1) is 9.37. The predicted molar refractivity (Wildman–Crippen MR) is 47.2 cm³/mol. The summed E-state index contributed by atoms with van der Waals surface area (Å²) in [5.41, 5.74) is 0.749. The zero-order chi connectivity index (χ0) is 9.14. The van der Waals surface area contributed by atoms with E-state index in [2.05, 4.69) is 5.10 Å². The van der Waals surface area contributed by atoms with E-state index in [1.54, 1.807) is 17.8 Å². The molecule has 0 radical (unpaired) electrons. The molecule has 0 N–H and O–H groups in total. The molecule has 1 rings (SSSR count). The summed E-state index contributed by atoms with van der Waals surface area (Å²) in [4.78, 5) is 0. The molecule has 1 aromatic heterocycles. The number of hydrogen-bond acceptors (Lipinski definition) is 2. The Balaban J connectivity index is 2.72. The molecule has 5 heteroatoms. The molecule has 64 valence electrons. The Labute approximate surface area is 80.5 Å². The first-order chi connectivity index (χ1) is 5.63. The van der Waals surface area contributed by atoms with Crippen molar-refractivity contribution in [1.29, 1.82) is 5.26 Å². The van der Waals surface area contributed by atoms with Crippen LogP contribution in [0.5, 0.6) is 0 Å². The molecule has 0 spiro atoms. The van der Waals surface area contributed by atoms with Crippen molar-refractivity contribution in [2.24, 2.45) is 0 Å². The quantitative estimate of drug-likeness (QED) is 0.691. The van der Waals surface area contributed by atoms with Crippen LogP contribution in [0.15, 0.2) is 6.20 Å². The lowest BCUT2D eigenvalue weighted by molar-refractivity contribution is 0.626. The van der Waals surface area contributed by atoms with Crippen molar-refractivity contribution in [3.63, 3.8) is 0 Å². The fourth-order valence-corrected chi connectivity index (χ4v) is 1.08. The van der Waals surface area contributed by atoms with Crippen LogP contribution in [0.1, 0.15) is 5.69 Å². The van der Waals surface area contributed by atoms with Crippen LogP contribution < -0.4 is 0 Å². The number of hydrogen-bond donors (Lipinski definition) is 0. The van der Waals surface area contributed by atoms with Gasteiger partial charge in [-0.25, -0.2) is 0 Å². The summed E-state index contributed by atoms with van der Waals surface area (Å²) in [6.45, 7) is 2.17. The summed E-state index contributed by atoms with van der Waals surface area (Å²) >= 11 is 11.3. The number of aryl methyl sites for hydroxylation is 1. The Morgan fingerprint density at radius 3 is 2.92 bits per heavy atom. The van der Waals surface area contributed by atoms with E-state index in [-0.39, 0.29) is 0 Å². The highest BCUT2D eigenvalue weighted by Crippen LogP contribution is 2.12. The van der Waals surface area contributed by atoms with E-state index >= 15 is 0 Å². The maximum Gasteiger partial charge on any atom is 0.140 e. The Morgan fingerprint density at radius 1 is 1.83 bits per heavy atom. The monoisotopic (exact) mass is 203 g/mol. The van der Waals surface area contributed by atoms with Gasteiger partial charge in [-0.3, -0.25) is 4.68 Å². The van der Waals surface area contributed by atoms with E-state index < -0.39 is 5.38 Å². The minimum atomic E-state index is -0.555. The van der Waals surface area contributed by atoms with Gasteiger partial charge in [-0.15, -0.1) is 11.6 Å². The number of nitriles is 1. The SMILES string of the molecule is Cc1nn(CC(Cl)C#N)cc1Cl. The van der Waals surface area contributed by atoms with Gasteiger partial charge in [0.1, 0.15) is 5.38 Å². The smallest absolute Gasteiger partial charge is 0.140 e. The van der Waals surface area contributed by atoms with Gasteiger partial charge in [-0.1, -0.05) is 11.6 Å². The van der Waals surface area contributed by atoms with Gasteiger partial charge in [0.25, 0.3) is 0 Å². The highest BCUT2D eigenvalue weighted by atomic mass is 35.5. The molecule has 0 aliphatic carbocycles. The zero-order valence-corrected chi connectivity index (χ0v) is 7.97. The van der Waals surface area contributed by atoms with Crippen molar-refractivity contribution in [1.82, 2.24) is 9.78 Å².